The fourth-order valence-electron chi connectivity index (χ4n) is 1.38. The van der Waals surface area contributed by atoms with Gasteiger partial charge in [0.05, 0.1) is 0 Å². The maximum atomic E-state index is 11.4. The predicted molar refractivity (Wildman–Crippen MR) is 56.8 cm³/mol. The highest BCUT2D eigenvalue weighted by Crippen LogP contribution is 2.36. The molecular weight excluding hydrogens is 264 g/mol. The van der Waals surface area contributed by atoms with E-state index in [1.165, 1.54) is 11.8 Å². The van der Waals surface area contributed by atoms with E-state index in [0.29, 0.717) is 19.4 Å². The van der Waals surface area contributed by atoms with Crippen molar-refractivity contribution >= 4 is 46.7 Å². The van der Waals surface area contributed by atoms with Crippen molar-refractivity contribution in [3.05, 3.63) is 0 Å². The Bertz CT molecular complexity index is 277. The zero-order valence-corrected chi connectivity index (χ0v) is 10.3. The second-order valence-corrected chi connectivity index (χ2v) is 5.56. The summed E-state index contributed by atoms with van der Waals surface area (Å²) in [6, 6.07) is 0. The molecule has 0 spiro atoms. The van der Waals surface area contributed by atoms with E-state index in [-0.39, 0.29) is 5.91 Å². The van der Waals surface area contributed by atoms with Crippen molar-refractivity contribution in [2.24, 2.45) is 0 Å². The van der Waals surface area contributed by atoms with Crippen LogP contribution in [0.5, 0.6) is 0 Å². The first-order valence-corrected chi connectivity index (χ1v) is 5.49. The molecule has 86 valence electrons. The molecule has 1 fully saturated rings. The molecule has 0 bridgehead atoms. The number of carbonyl (C=O) groups excluding carboxylic acids is 2. The molecule has 0 aromatic heterocycles. The first-order chi connectivity index (χ1) is 6.82. The summed E-state index contributed by atoms with van der Waals surface area (Å²) in [4.78, 5) is 23.5. The van der Waals surface area contributed by atoms with Gasteiger partial charge in [0, 0.05) is 19.9 Å². The lowest BCUT2D eigenvalue weighted by molar-refractivity contribution is -0.160. The lowest BCUT2D eigenvalue weighted by atomic mass is 10.4. The normalized spacial score (nSPS) is 19.2. The van der Waals surface area contributed by atoms with Crippen LogP contribution in [0.1, 0.15) is 19.8 Å². The molecule has 0 aliphatic carbocycles. The van der Waals surface area contributed by atoms with Crippen molar-refractivity contribution in [2.45, 2.75) is 29.8 Å². The highest BCUT2D eigenvalue weighted by molar-refractivity contribution is 6.68. The number of rotatable bonds is 2. The van der Waals surface area contributed by atoms with Crippen molar-refractivity contribution in [3.63, 3.8) is 0 Å². The standard InChI is InChI=1S/C8H10Cl3NO3/c1-5(13)15-7(8(9,10)11)12-4-2-3-6(12)14/h7H,2-4H2,1H3. The molecule has 1 aliphatic heterocycles. The van der Waals surface area contributed by atoms with Gasteiger partial charge in [-0.25, -0.2) is 0 Å². The monoisotopic (exact) mass is 273 g/mol. The molecule has 1 saturated heterocycles. The zero-order valence-electron chi connectivity index (χ0n) is 8.00. The minimum absolute atomic E-state index is 0.174. The van der Waals surface area contributed by atoms with Crippen LogP contribution in [-0.2, 0) is 14.3 Å². The van der Waals surface area contributed by atoms with Crippen LogP contribution in [0.15, 0.2) is 0 Å². The van der Waals surface area contributed by atoms with Crippen LogP contribution in [0.25, 0.3) is 0 Å². The Hall–Kier alpha value is -0.190. The van der Waals surface area contributed by atoms with Gasteiger partial charge in [0.2, 0.25) is 15.9 Å². The number of carbonyl (C=O) groups is 2. The molecular formula is C8H10Cl3NO3. The third kappa shape index (κ3) is 3.40. The van der Waals surface area contributed by atoms with Gasteiger partial charge in [0.25, 0.3) is 0 Å². The third-order valence-electron chi connectivity index (χ3n) is 1.95. The minimum atomic E-state index is -1.83. The van der Waals surface area contributed by atoms with Crippen LogP contribution in [-0.4, -0.2) is 33.3 Å². The molecule has 15 heavy (non-hydrogen) atoms. The molecule has 1 rings (SSSR count). The number of nitrogens with zero attached hydrogens (tertiary/aromatic N) is 1. The van der Waals surface area contributed by atoms with Gasteiger partial charge in [-0.15, -0.1) is 0 Å². The summed E-state index contributed by atoms with van der Waals surface area (Å²) in [6.45, 7) is 1.63. The van der Waals surface area contributed by atoms with E-state index in [1.807, 2.05) is 0 Å². The average Bonchev–Trinajstić information content (AvgIpc) is 2.45. The van der Waals surface area contributed by atoms with Gasteiger partial charge in [-0.05, 0) is 6.42 Å². The Morgan fingerprint density at radius 2 is 2.13 bits per heavy atom. The molecule has 1 atom stereocenters. The summed E-state index contributed by atoms with van der Waals surface area (Å²) in [7, 11) is 0. The fourth-order valence-corrected chi connectivity index (χ4v) is 1.87. The van der Waals surface area contributed by atoms with Gasteiger partial charge in [-0.2, -0.15) is 0 Å². The van der Waals surface area contributed by atoms with E-state index in [2.05, 4.69) is 0 Å². The Kier molecular flexibility index (Phi) is 4.09. The maximum Gasteiger partial charge on any atom is 0.304 e. The van der Waals surface area contributed by atoms with Crippen molar-refractivity contribution in [2.75, 3.05) is 6.54 Å². The SMILES string of the molecule is CC(=O)OC(N1CCCC1=O)C(Cl)(Cl)Cl. The van der Waals surface area contributed by atoms with Crippen LogP contribution < -0.4 is 0 Å². The number of halogens is 3. The summed E-state index contributed by atoms with van der Waals surface area (Å²) in [5.74, 6) is -0.765. The topological polar surface area (TPSA) is 46.6 Å². The molecule has 7 heteroatoms. The number of ether oxygens (including phenoxy) is 1. The van der Waals surface area contributed by atoms with E-state index in [0.717, 1.165) is 0 Å². The largest absolute Gasteiger partial charge is 0.437 e. The lowest BCUT2D eigenvalue weighted by Crippen LogP contribution is -2.47. The van der Waals surface area contributed by atoms with Crippen LogP contribution >= 0.6 is 34.8 Å². The van der Waals surface area contributed by atoms with Gasteiger partial charge in [-0.1, -0.05) is 34.8 Å². The van der Waals surface area contributed by atoms with Gasteiger partial charge in [0.1, 0.15) is 0 Å². The van der Waals surface area contributed by atoms with Gasteiger partial charge < -0.3 is 9.64 Å². The first-order valence-electron chi connectivity index (χ1n) is 4.36. The third-order valence-corrected chi connectivity index (χ3v) is 2.51. The Balaban J connectivity index is 2.80. The zero-order chi connectivity index (χ0) is 11.6. The molecule has 0 aromatic carbocycles. The number of esters is 1. The summed E-state index contributed by atoms with van der Waals surface area (Å²) >= 11 is 16.9. The highest BCUT2D eigenvalue weighted by atomic mass is 35.6. The molecule has 1 amide bonds. The molecule has 1 aliphatic rings. The molecule has 0 N–H and O–H groups in total. The lowest BCUT2D eigenvalue weighted by Gasteiger charge is -2.31. The molecule has 0 saturated carbocycles. The van der Waals surface area contributed by atoms with E-state index in [9.17, 15) is 9.59 Å². The van der Waals surface area contributed by atoms with Crippen LogP contribution in [0, 0.1) is 0 Å². The van der Waals surface area contributed by atoms with E-state index >= 15 is 0 Å². The van der Waals surface area contributed by atoms with E-state index < -0.39 is 16.0 Å². The molecule has 0 radical (unpaired) electrons. The van der Waals surface area contributed by atoms with Gasteiger partial charge >= 0.3 is 5.97 Å². The van der Waals surface area contributed by atoms with E-state index in [1.54, 1.807) is 0 Å². The summed E-state index contributed by atoms with van der Waals surface area (Å²) in [5.41, 5.74) is 0. The van der Waals surface area contributed by atoms with Crippen molar-refractivity contribution in [3.8, 4) is 0 Å². The average molecular weight is 275 g/mol. The Labute approximate surface area is 102 Å². The number of hydrogen-bond donors (Lipinski definition) is 0. The Morgan fingerprint density at radius 3 is 2.47 bits per heavy atom. The van der Waals surface area contributed by atoms with Crippen molar-refractivity contribution < 1.29 is 14.3 Å². The summed E-state index contributed by atoms with van der Waals surface area (Å²) in [5, 5.41) is 0. The van der Waals surface area contributed by atoms with Crippen molar-refractivity contribution in [1.82, 2.24) is 4.90 Å². The fraction of sp³-hybridized carbons (Fsp3) is 0.750. The molecule has 1 unspecified atom stereocenters. The number of alkyl halides is 3. The summed E-state index contributed by atoms with van der Waals surface area (Å²) in [6.07, 6.45) is -0.0782. The Morgan fingerprint density at radius 1 is 1.53 bits per heavy atom. The van der Waals surface area contributed by atoms with E-state index in [4.69, 9.17) is 39.5 Å². The molecule has 0 aromatic rings. The first kappa shape index (κ1) is 12.9. The number of amides is 1. The molecule has 1 heterocycles. The smallest absolute Gasteiger partial charge is 0.304 e. The number of hydrogen-bond acceptors (Lipinski definition) is 3. The second kappa shape index (κ2) is 4.76. The maximum absolute atomic E-state index is 11.4. The van der Waals surface area contributed by atoms with Crippen LogP contribution in [0.2, 0.25) is 0 Å². The van der Waals surface area contributed by atoms with Gasteiger partial charge in [-0.3, -0.25) is 9.59 Å². The number of likely N-dealkylation sites (tertiary alicyclic amines) is 1. The van der Waals surface area contributed by atoms with Crippen molar-refractivity contribution in [1.29, 1.82) is 0 Å². The quantitative estimate of drug-likeness (QED) is 0.570. The van der Waals surface area contributed by atoms with Gasteiger partial charge in [0.15, 0.2) is 0 Å². The molecule has 4 nitrogen and oxygen atoms in total. The van der Waals surface area contributed by atoms with Crippen LogP contribution in [0.4, 0.5) is 0 Å². The predicted octanol–water partition coefficient (Wildman–Crippen LogP) is 1.87. The minimum Gasteiger partial charge on any atom is -0.437 e. The summed E-state index contributed by atoms with van der Waals surface area (Å²) < 4.78 is 3.01. The second-order valence-electron chi connectivity index (χ2n) is 3.19. The van der Waals surface area contributed by atoms with Crippen LogP contribution in [0.3, 0.4) is 0 Å². The highest BCUT2D eigenvalue weighted by Gasteiger charge is 2.43.